The van der Waals surface area contributed by atoms with E-state index in [0.717, 1.165) is 12.6 Å². The molecule has 114 valence electrons. The molecule has 1 spiro atoms. The van der Waals surface area contributed by atoms with Crippen LogP contribution in [-0.2, 0) is 4.74 Å². The van der Waals surface area contributed by atoms with Crippen LogP contribution in [0.5, 0.6) is 0 Å². The van der Waals surface area contributed by atoms with E-state index >= 15 is 0 Å². The van der Waals surface area contributed by atoms with Crippen LogP contribution in [0.15, 0.2) is 11.6 Å². The lowest BCUT2D eigenvalue weighted by molar-refractivity contribution is -0.130. The first kappa shape index (κ1) is 14.6. The quantitative estimate of drug-likeness (QED) is 0.735. The van der Waals surface area contributed by atoms with Gasteiger partial charge >= 0.3 is 0 Å². The Bertz CT molecular complexity index is 343. The first-order valence-electron chi connectivity index (χ1n) is 8.88. The molecule has 0 radical (unpaired) electrons. The summed E-state index contributed by atoms with van der Waals surface area (Å²) >= 11 is 0. The molecule has 3 rings (SSSR count). The Morgan fingerprint density at radius 1 is 1.25 bits per heavy atom. The van der Waals surface area contributed by atoms with Crippen LogP contribution < -0.4 is 5.32 Å². The third-order valence-electron chi connectivity index (χ3n) is 5.91. The summed E-state index contributed by atoms with van der Waals surface area (Å²) in [4.78, 5) is 0. The number of ether oxygens (including phenoxy) is 1. The lowest BCUT2D eigenvalue weighted by Crippen LogP contribution is -2.62. The number of hydrogen-bond donors (Lipinski definition) is 1. The van der Waals surface area contributed by atoms with Gasteiger partial charge in [0.15, 0.2) is 0 Å². The van der Waals surface area contributed by atoms with Gasteiger partial charge in [-0.25, -0.2) is 0 Å². The molecule has 0 heterocycles. The zero-order chi connectivity index (χ0) is 13.8. The molecule has 1 N–H and O–H groups in total. The standard InChI is InChI=1S/C18H31NO/c1-2-20-17-14-16(18(17)11-6-7-12-18)19-13-10-15-8-4-3-5-9-15/h8,16-17,19H,2-7,9-14H2,1H3. The minimum atomic E-state index is 0.497. The Hall–Kier alpha value is -0.340. The molecule has 2 atom stereocenters. The Morgan fingerprint density at radius 2 is 2.10 bits per heavy atom. The Kier molecular flexibility index (Phi) is 4.83. The predicted octanol–water partition coefficient (Wildman–Crippen LogP) is 4.20. The number of rotatable bonds is 6. The molecule has 2 fully saturated rings. The largest absolute Gasteiger partial charge is 0.378 e. The summed E-state index contributed by atoms with van der Waals surface area (Å²) in [5, 5.41) is 3.87. The van der Waals surface area contributed by atoms with E-state index in [-0.39, 0.29) is 0 Å². The van der Waals surface area contributed by atoms with Gasteiger partial charge < -0.3 is 10.1 Å². The molecular formula is C18H31NO. The molecule has 0 aromatic heterocycles. The summed E-state index contributed by atoms with van der Waals surface area (Å²) < 4.78 is 5.99. The van der Waals surface area contributed by atoms with Gasteiger partial charge in [-0.1, -0.05) is 24.5 Å². The summed E-state index contributed by atoms with van der Waals surface area (Å²) in [5.74, 6) is 0. The molecule has 2 nitrogen and oxygen atoms in total. The second kappa shape index (κ2) is 6.62. The van der Waals surface area contributed by atoms with E-state index < -0.39 is 0 Å². The van der Waals surface area contributed by atoms with Gasteiger partial charge in [0, 0.05) is 18.1 Å². The zero-order valence-electron chi connectivity index (χ0n) is 13.1. The van der Waals surface area contributed by atoms with E-state index in [1.807, 2.05) is 0 Å². The smallest absolute Gasteiger partial charge is 0.0661 e. The minimum Gasteiger partial charge on any atom is -0.378 e. The van der Waals surface area contributed by atoms with Crippen molar-refractivity contribution >= 4 is 0 Å². The van der Waals surface area contributed by atoms with Crippen molar-refractivity contribution in [1.82, 2.24) is 5.32 Å². The van der Waals surface area contributed by atoms with Gasteiger partial charge in [0.1, 0.15) is 0 Å². The number of nitrogens with one attached hydrogen (secondary N) is 1. The topological polar surface area (TPSA) is 21.3 Å². The molecule has 2 unspecified atom stereocenters. The van der Waals surface area contributed by atoms with Gasteiger partial charge in [-0.3, -0.25) is 0 Å². The maximum atomic E-state index is 5.99. The van der Waals surface area contributed by atoms with Crippen LogP contribution in [0.1, 0.15) is 71.1 Å². The van der Waals surface area contributed by atoms with Crippen LogP contribution >= 0.6 is 0 Å². The molecule has 2 saturated carbocycles. The lowest BCUT2D eigenvalue weighted by Gasteiger charge is -2.54. The number of allylic oxidation sites excluding steroid dienone is 1. The fourth-order valence-corrected chi connectivity index (χ4v) is 4.71. The highest BCUT2D eigenvalue weighted by molar-refractivity contribution is 5.11. The van der Waals surface area contributed by atoms with Gasteiger partial charge in [-0.05, 0) is 64.8 Å². The fraction of sp³-hybridized carbons (Fsp3) is 0.889. The maximum absolute atomic E-state index is 5.99. The van der Waals surface area contributed by atoms with E-state index in [4.69, 9.17) is 4.74 Å². The van der Waals surface area contributed by atoms with Crippen molar-refractivity contribution in [2.45, 2.75) is 83.3 Å². The third-order valence-corrected chi connectivity index (χ3v) is 5.91. The van der Waals surface area contributed by atoms with Gasteiger partial charge in [0.25, 0.3) is 0 Å². The van der Waals surface area contributed by atoms with Crippen molar-refractivity contribution in [3.63, 3.8) is 0 Å². The van der Waals surface area contributed by atoms with E-state index in [9.17, 15) is 0 Å². The molecular weight excluding hydrogens is 246 g/mol. The molecule has 3 aliphatic rings. The third kappa shape index (κ3) is 2.82. The Balaban J connectivity index is 1.47. The summed E-state index contributed by atoms with van der Waals surface area (Å²) in [7, 11) is 0. The second-order valence-corrected chi connectivity index (χ2v) is 6.98. The molecule has 0 aromatic rings. The maximum Gasteiger partial charge on any atom is 0.0661 e. The lowest BCUT2D eigenvalue weighted by atomic mass is 9.60. The van der Waals surface area contributed by atoms with Gasteiger partial charge in [0.2, 0.25) is 0 Å². The summed E-state index contributed by atoms with van der Waals surface area (Å²) in [6.45, 7) is 4.20. The first-order chi connectivity index (χ1) is 9.85. The average Bonchev–Trinajstić information content (AvgIpc) is 2.99. The normalized spacial score (nSPS) is 32.1. The Labute approximate surface area is 124 Å². The van der Waals surface area contributed by atoms with Gasteiger partial charge in [0.05, 0.1) is 6.10 Å². The molecule has 0 amide bonds. The predicted molar refractivity (Wildman–Crippen MR) is 83.9 cm³/mol. The molecule has 0 bridgehead atoms. The van der Waals surface area contributed by atoms with Crippen molar-refractivity contribution < 1.29 is 4.74 Å². The van der Waals surface area contributed by atoms with E-state index in [1.165, 1.54) is 70.8 Å². The van der Waals surface area contributed by atoms with Crippen molar-refractivity contribution in [2.75, 3.05) is 13.2 Å². The molecule has 0 aliphatic heterocycles. The highest BCUT2D eigenvalue weighted by Crippen LogP contribution is 2.54. The summed E-state index contributed by atoms with van der Waals surface area (Å²) in [6.07, 6.45) is 16.6. The molecule has 0 saturated heterocycles. The zero-order valence-corrected chi connectivity index (χ0v) is 13.1. The van der Waals surface area contributed by atoms with E-state index in [1.54, 1.807) is 5.57 Å². The van der Waals surface area contributed by atoms with Crippen LogP contribution in [0, 0.1) is 5.41 Å². The van der Waals surface area contributed by atoms with Crippen molar-refractivity contribution in [1.29, 1.82) is 0 Å². The molecule has 20 heavy (non-hydrogen) atoms. The first-order valence-corrected chi connectivity index (χ1v) is 8.88. The van der Waals surface area contributed by atoms with Crippen LogP contribution in [-0.4, -0.2) is 25.3 Å². The second-order valence-electron chi connectivity index (χ2n) is 6.98. The molecule has 3 aliphatic carbocycles. The fourth-order valence-electron chi connectivity index (χ4n) is 4.71. The van der Waals surface area contributed by atoms with Gasteiger partial charge in [-0.15, -0.1) is 0 Å². The molecule has 0 aromatic carbocycles. The van der Waals surface area contributed by atoms with Crippen molar-refractivity contribution in [3.05, 3.63) is 11.6 Å². The number of hydrogen-bond acceptors (Lipinski definition) is 2. The summed E-state index contributed by atoms with van der Waals surface area (Å²) in [5.41, 5.74) is 2.20. The minimum absolute atomic E-state index is 0.497. The Morgan fingerprint density at radius 3 is 2.80 bits per heavy atom. The average molecular weight is 277 g/mol. The van der Waals surface area contributed by atoms with Crippen LogP contribution in [0.25, 0.3) is 0 Å². The van der Waals surface area contributed by atoms with Crippen LogP contribution in [0.2, 0.25) is 0 Å². The van der Waals surface area contributed by atoms with Crippen LogP contribution in [0.4, 0.5) is 0 Å². The highest BCUT2D eigenvalue weighted by Gasteiger charge is 2.56. The highest BCUT2D eigenvalue weighted by atomic mass is 16.5. The van der Waals surface area contributed by atoms with Crippen molar-refractivity contribution in [2.24, 2.45) is 5.41 Å². The SMILES string of the molecule is CCOC1CC(NCCC2=CCCCC2)C12CCCC2. The van der Waals surface area contributed by atoms with Crippen molar-refractivity contribution in [3.8, 4) is 0 Å². The van der Waals surface area contributed by atoms with E-state index in [0.29, 0.717) is 11.5 Å². The molecule has 2 heteroatoms. The van der Waals surface area contributed by atoms with E-state index in [2.05, 4.69) is 18.3 Å². The van der Waals surface area contributed by atoms with Crippen LogP contribution in [0.3, 0.4) is 0 Å². The van der Waals surface area contributed by atoms with Gasteiger partial charge in [-0.2, -0.15) is 0 Å². The summed E-state index contributed by atoms with van der Waals surface area (Å²) in [6, 6.07) is 0.728. The monoisotopic (exact) mass is 277 g/mol.